The van der Waals surface area contributed by atoms with Gasteiger partial charge in [-0.2, -0.15) is 4.98 Å². The van der Waals surface area contributed by atoms with E-state index in [1.165, 1.54) is 0 Å². The summed E-state index contributed by atoms with van der Waals surface area (Å²) in [6, 6.07) is 0. The molecular weight excluding hydrogens is 286 g/mol. The van der Waals surface area contributed by atoms with Crippen LogP contribution < -0.4 is 16.6 Å². The summed E-state index contributed by atoms with van der Waals surface area (Å²) in [5.41, 5.74) is 2.41. The molecule has 1 heterocycles. The van der Waals surface area contributed by atoms with Crippen molar-refractivity contribution >= 4 is 27.7 Å². The van der Waals surface area contributed by atoms with Gasteiger partial charge in [0.25, 0.3) is 0 Å². The maximum Gasteiger partial charge on any atom is 0.239 e. The van der Waals surface area contributed by atoms with Crippen LogP contribution in [-0.2, 0) is 4.74 Å². The van der Waals surface area contributed by atoms with Crippen molar-refractivity contribution in [3.8, 4) is 0 Å². The van der Waals surface area contributed by atoms with Crippen LogP contribution in [0.4, 0.5) is 11.8 Å². The molecule has 1 aromatic heterocycles. The van der Waals surface area contributed by atoms with Crippen molar-refractivity contribution in [1.82, 2.24) is 9.97 Å². The van der Waals surface area contributed by atoms with Crippen molar-refractivity contribution < 1.29 is 4.74 Å². The number of nitrogens with one attached hydrogen (secondary N) is 2. The lowest BCUT2D eigenvalue weighted by atomic mass is 10.4. The van der Waals surface area contributed by atoms with E-state index in [1.54, 1.807) is 6.20 Å². The van der Waals surface area contributed by atoms with Crippen molar-refractivity contribution in [2.75, 3.05) is 30.5 Å². The Kier molecular flexibility index (Phi) is 6.83. The van der Waals surface area contributed by atoms with Crippen LogP contribution in [0.2, 0.25) is 0 Å². The molecule has 1 rings (SSSR count). The van der Waals surface area contributed by atoms with Crippen LogP contribution in [-0.4, -0.2) is 29.7 Å². The molecule has 0 aliphatic heterocycles. The number of nitrogens with two attached hydrogens (primary N) is 1. The van der Waals surface area contributed by atoms with Crippen LogP contribution in [0.1, 0.15) is 19.8 Å². The minimum Gasteiger partial charge on any atom is -0.381 e. The highest BCUT2D eigenvalue weighted by Crippen LogP contribution is 2.19. The van der Waals surface area contributed by atoms with Crippen LogP contribution in [0.25, 0.3) is 0 Å². The highest BCUT2D eigenvalue weighted by atomic mass is 79.9. The predicted molar refractivity (Wildman–Crippen MR) is 71.8 cm³/mol. The quantitative estimate of drug-likeness (QED) is 0.385. The number of hydrazine groups is 1. The summed E-state index contributed by atoms with van der Waals surface area (Å²) in [6.45, 7) is 4.46. The first-order valence-electron chi connectivity index (χ1n) is 5.58. The van der Waals surface area contributed by atoms with Gasteiger partial charge in [0.05, 0.1) is 4.47 Å². The second-order valence-electron chi connectivity index (χ2n) is 3.43. The molecule has 0 unspecified atom stereocenters. The second kappa shape index (κ2) is 8.21. The molecule has 17 heavy (non-hydrogen) atoms. The largest absolute Gasteiger partial charge is 0.381 e. The van der Waals surface area contributed by atoms with Crippen molar-refractivity contribution in [1.29, 1.82) is 0 Å². The Morgan fingerprint density at radius 1 is 1.47 bits per heavy atom. The number of nitrogens with zero attached hydrogens (tertiary/aromatic N) is 2. The average Bonchev–Trinajstić information content (AvgIpc) is 2.35. The molecule has 0 saturated carbocycles. The van der Waals surface area contributed by atoms with Gasteiger partial charge in [0.2, 0.25) is 5.95 Å². The molecule has 96 valence electrons. The van der Waals surface area contributed by atoms with E-state index in [2.05, 4.69) is 43.6 Å². The predicted octanol–water partition coefficient (Wildman–Crippen LogP) is 1.75. The lowest BCUT2D eigenvalue weighted by molar-refractivity contribution is 0.134. The first kappa shape index (κ1) is 14.1. The molecule has 0 radical (unpaired) electrons. The van der Waals surface area contributed by atoms with Crippen LogP contribution in [0.5, 0.6) is 0 Å². The van der Waals surface area contributed by atoms with E-state index in [0.717, 1.165) is 42.9 Å². The second-order valence-corrected chi connectivity index (χ2v) is 4.28. The number of aromatic nitrogens is 2. The molecule has 0 spiro atoms. The van der Waals surface area contributed by atoms with E-state index in [1.807, 2.05) is 0 Å². The van der Waals surface area contributed by atoms with E-state index in [0.29, 0.717) is 5.95 Å². The van der Waals surface area contributed by atoms with E-state index < -0.39 is 0 Å². The molecule has 0 amide bonds. The van der Waals surface area contributed by atoms with Gasteiger partial charge >= 0.3 is 0 Å². The molecule has 1 aromatic rings. The fraction of sp³-hybridized carbons (Fsp3) is 0.600. The number of anilines is 2. The maximum absolute atomic E-state index is 5.38. The molecule has 0 bridgehead atoms. The summed E-state index contributed by atoms with van der Waals surface area (Å²) in [5.74, 6) is 6.35. The third kappa shape index (κ3) is 5.29. The number of ether oxygens (including phenoxy) is 1. The van der Waals surface area contributed by atoms with Gasteiger partial charge < -0.3 is 10.1 Å². The Morgan fingerprint density at radius 2 is 2.29 bits per heavy atom. The number of hydrogen-bond donors (Lipinski definition) is 3. The third-order valence-electron chi connectivity index (χ3n) is 1.98. The zero-order chi connectivity index (χ0) is 12.5. The molecule has 0 aliphatic rings. The fourth-order valence-corrected chi connectivity index (χ4v) is 1.52. The van der Waals surface area contributed by atoms with Gasteiger partial charge in [-0.05, 0) is 28.8 Å². The highest BCUT2D eigenvalue weighted by molar-refractivity contribution is 9.10. The first-order valence-corrected chi connectivity index (χ1v) is 6.38. The molecule has 0 saturated heterocycles. The van der Waals surface area contributed by atoms with Crippen molar-refractivity contribution in [3.63, 3.8) is 0 Å². The molecule has 4 N–H and O–H groups in total. The molecule has 7 heteroatoms. The zero-order valence-electron chi connectivity index (χ0n) is 9.87. The summed E-state index contributed by atoms with van der Waals surface area (Å²) in [7, 11) is 0. The maximum atomic E-state index is 5.38. The zero-order valence-corrected chi connectivity index (χ0v) is 11.5. The molecule has 0 aromatic carbocycles. The SMILES string of the molecule is CCCOCCCNc1nc(NN)ncc1Br. The minimum absolute atomic E-state index is 0.387. The summed E-state index contributed by atoms with van der Waals surface area (Å²) in [6.07, 6.45) is 3.64. The van der Waals surface area contributed by atoms with Crippen LogP contribution in [0.3, 0.4) is 0 Å². The molecule has 0 fully saturated rings. The Balaban J connectivity index is 2.30. The van der Waals surface area contributed by atoms with Gasteiger partial charge in [-0.25, -0.2) is 10.8 Å². The summed E-state index contributed by atoms with van der Waals surface area (Å²) in [4.78, 5) is 8.15. The topological polar surface area (TPSA) is 85.1 Å². The number of hydrogen-bond acceptors (Lipinski definition) is 6. The van der Waals surface area contributed by atoms with Gasteiger partial charge in [-0.15, -0.1) is 0 Å². The fourth-order valence-electron chi connectivity index (χ4n) is 1.19. The standard InChI is InChI=1S/C10H18BrN5O/c1-2-5-17-6-3-4-13-9-8(11)7-14-10(15-9)16-12/h7H,2-6,12H2,1H3,(H2,13,14,15,16). The highest BCUT2D eigenvalue weighted by Gasteiger charge is 2.03. The number of rotatable bonds is 8. The van der Waals surface area contributed by atoms with Gasteiger partial charge in [0.15, 0.2) is 0 Å². The van der Waals surface area contributed by atoms with Crippen molar-refractivity contribution in [2.45, 2.75) is 19.8 Å². The Morgan fingerprint density at radius 3 is 3.00 bits per heavy atom. The minimum atomic E-state index is 0.387. The Bertz CT molecular complexity index is 336. The van der Waals surface area contributed by atoms with E-state index >= 15 is 0 Å². The van der Waals surface area contributed by atoms with Gasteiger partial charge in [-0.1, -0.05) is 6.92 Å². The number of halogens is 1. The molecule has 0 aliphatic carbocycles. The lowest BCUT2D eigenvalue weighted by Gasteiger charge is -2.08. The van der Waals surface area contributed by atoms with Crippen LogP contribution >= 0.6 is 15.9 Å². The Hall–Kier alpha value is -0.920. The monoisotopic (exact) mass is 303 g/mol. The van der Waals surface area contributed by atoms with Gasteiger partial charge in [-0.3, -0.25) is 5.43 Å². The third-order valence-corrected chi connectivity index (χ3v) is 2.56. The van der Waals surface area contributed by atoms with Crippen LogP contribution in [0.15, 0.2) is 10.7 Å². The van der Waals surface area contributed by atoms with Gasteiger partial charge in [0.1, 0.15) is 5.82 Å². The smallest absolute Gasteiger partial charge is 0.239 e. The summed E-state index contributed by atoms with van der Waals surface area (Å²) >= 11 is 3.37. The van der Waals surface area contributed by atoms with E-state index in [-0.39, 0.29) is 0 Å². The molecule has 0 atom stereocenters. The average molecular weight is 304 g/mol. The summed E-state index contributed by atoms with van der Waals surface area (Å²) in [5, 5.41) is 3.19. The number of nitrogen functional groups attached to an aromatic ring is 1. The van der Waals surface area contributed by atoms with E-state index in [9.17, 15) is 0 Å². The molecular formula is C10H18BrN5O. The van der Waals surface area contributed by atoms with Crippen molar-refractivity contribution in [2.24, 2.45) is 5.84 Å². The normalized spacial score (nSPS) is 10.3. The van der Waals surface area contributed by atoms with Gasteiger partial charge in [0, 0.05) is 26.0 Å². The van der Waals surface area contributed by atoms with Crippen molar-refractivity contribution in [3.05, 3.63) is 10.7 Å². The lowest BCUT2D eigenvalue weighted by Crippen LogP contribution is -2.13. The molecule has 6 nitrogen and oxygen atoms in total. The van der Waals surface area contributed by atoms with E-state index in [4.69, 9.17) is 10.6 Å². The summed E-state index contributed by atoms with van der Waals surface area (Å²) < 4.78 is 6.19. The van der Waals surface area contributed by atoms with Crippen LogP contribution in [0, 0.1) is 0 Å². The first-order chi connectivity index (χ1) is 8.27. The Labute approximate surface area is 109 Å².